The van der Waals surface area contributed by atoms with Gasteiger partial charge in [0.1, 0.15) is 0 Å². The normalized spacial score (nSPS) is 10.3. The summed E-state index contributed by atoms with van der Waals surface area (Å²) >= 11 is 0. The molecule has 0 bridgehead atoms. The summed E-state index contributed by atoms with van der Waals surface area (Å²) in [6.45, 7) is 2.03. The zero-order chi connectivity index (χ0) is 11.5. The van der Waals surface area contributed by atoms with Crippen molar-refractivity contribution in [2.75, 3.05) is 6.61 Å². The lowest BCUT2D eigenvalue weighted by molar-refractivity contribution is 0.0526. The molecule has 0 aromatic carbocycles. The number of pyridine rings is 2. The van der Waals surface area contributed by atoms with Crippen LogP contribution < -0.4 is 5.56 Å². The zero-order valence-electron chi connectivity index (χ0n) is 8.84. The lowest BCUT2D eigenvalue weighted by Crippen LogP contribution is -2.16. The van der Waals surface area contributed by atoms with Crippen LogP contribution in [0.1, 0.15) is 17.3 Å². The first-order valence-electron chi connectivity index (χ1n) is 5.01. The van der Waals surface area contributed by atoms with Crippen LogP contribution in [0.2, 0.25) is 0 Å². The molecule has 4 nitrogen and oxygen atoms in total. The molecule has 2 rings (SSSR count). The smallest absolute Gasteiger partial charge is 0.338 e. The molecule has 0 saturated carbocycles. The average molecular weight is 217 g/mol. The molecule has 0 unspecified atom stereocenters. The van der Waals surface area contributed by atoms with E-state index in [1.165, 1.54) is 10.5 Å². The summed E-state index contributed by atoms with van der Waals surface area (Å²) in [6.07, 6.45) is 1.66. The van der Waals surface area contributed by atoms with Crippen LogP contribution >= 0.6 is 0 Å². The van der Waals surface area contributed by atoms with E-state index < -0.39 is 5.97 Å². The van der Waals surface area contributed by atoms with Crippen LogP contribution in [0, 0.1) is 0 Å². The van der Waals surface area contributed by atoms with Crippen LogP contribution in [0.3, 0.4) is 0 Å². The number of fused-ring (bicyclic) bond motifs is 1. The van der Waals surface area contributed by atoms with Gasteiger partial charge in [-0.25, -0.2) is 4.79 Å². The predicted octanol–water partition coefficient (Wildman–Crippen LogP) is 1.48. The van der Waals surface area contributed by atoms with E-state index in [0.717, 1.165) is 0 Å². The number of hydrogen-bond donors (Lipinski definition) is 0. The van der Waals surface area contributed by atoms with Crippen molar-refractivity contribution in [3.05, 3.63) is 52.4 Å². The molecule has 82 valence electrons. The van der Waals surface area contributed by atoms with Crippen molar-refractivity contribution in [1.29, 1.82) is 0 Å². The van der Waals surface area contributed by atoms with E-state index in [1.807, 2.05) is 6.07 Å². The molecule has 0 spiro atoms. The van der Waals surface area contributed by atoms with Gasteiger partial charge in [0.2, 0.25) is 0 Å². The summed E-state index contributed by atoms with van der Waals surface area (Å²) in [5.74, 6) is -0.467. The molecule has 0 aliphatic rings. The van der Waals surface area contributed by atoms with Crippen LogP contribution in [0.15, 0.2) is 41.3 Å². The van der Waals surface area contributed by atoms with Crippen molar-refractivity contribution in [3.8, 4) is 0 Å². The standard InChI is InChI=1S/C12H11NO3/c1-2-16-12(15)9-7-10-5-3-4-6-13(10)11(14)8-9/h3-8H,2H2,1H3. The molecule has 0 amide bonds. The molecule has 2 aromatic heterocycles. The topological polar surface area (TPSA) is 47.8 Å². The lowest BCUT2D eigenvalue weighted by Gasteiger charge is -2.03. The Morgan fingerprint density at radius 1 is 1.38 bits per heavy atom. The maximum atomic E-state index is 11.7. The molecule has 0 radical (unpaired) electrons. The number of carbonyl (C=O) groups excluding carboxylic acids is 1. The lowest BCUT2D eigenvalue weighted by atomic mass is 10.2. The fourth-order valence-corrected chi connectivity index (χ4v) is 1.51. The fourth-order valence-electron chi connectivity index (χ4n) is 1.51. The van der Waals surface area contributed by atoms with Gasteiger partial charge < -0.3 is 4.74 Å². The Bertz CT molecular complexity index is 586. The number of hydrogen-bond acceptors (Lipinski definition) is 3. The molecule has 0 fully saturated rings. The summed E-state index contributed by atoms with van der Waals surface area (Å²) in [6, 6.07) is 8.26. The third-order valence-electron chi connectivity index (χ3n) is 2.22. The second-order valence-corrected chi connectivity index (χ2v) is 3.30. The van der Waals surface area contributed by atoms with Crippen LogP contribution in [0.25, 0.3) is 5.52 Å². The van der Waals surface area contributed by atoms with Gasteiger partial charge in [0.15, 0.2) is 0 Å². The summed E-state index contributed by atoms with van der Waals surface area (Å²) in [7, 11) is 0. The number of ether oxygens (including phenoxy) is 1. The number of esters is 1. The van der Waals surface area contributed by atoms with Gasteiger partial charge in [0.25, 0.3) is 5.56 Å². The Labute approximate surface area is 92.1 Å². The van der Waals surface area contributed by atoms with Gasteiger partial charge in [-0.05, 0) is 25.1 Å². The number of carbonyl (C=O) groups is 1. The van der Waals surface area contributed by atoms with Crippen molar-refractivity contribution in [2.45, 2.75) is 6.92 Å². The van der Waals surface area contributed by atoms with Crippen molar-refractivity contribution in [1.82, 2.24) is 4.40 Å². The molecule has 0 aliphatic carbocycles. The van der Waals surface area contributed by atoms with Crippen LogP contribution in [-0.2, 0) is 4.74 Å². The van der Waals surface area contributed by atoms with Crippen molar-refractivity contribution in [3.63, 3.8) is 0 Å². The molecule has 2 heterocycles. The van der Waals surface area contributed by atoms with Crippen LogP contribution in [-0.4, -0.2) is 17.0 Å². The maximum Gasteiger partial charge on any atom is 0.338 e. The summed E-state index contributed by atoms with van der Waals surface area (Å²) in [5, 5.41) is 0. The SMILES string of the molecule is CCOC(=O)c1cc(=O)n2ccccc2c1. The quantitative estimate of drug-likeness (QED) is 0.716. The van der Waals surface area contributed by atoms with Gasteiger partial charge in [-0.1, -0.05) is 6.07 Å². The second kappa shape index (κ2) is 4.18. The molecule has 16 heavy (non-hydrogen) atoms. The van der Waals surface area contributed by atoms with Gasteiger partial charge in [0, 0.05) is 17.8 Å². The second-order valence-electron chi connectivity index (χ2n) is 3.30. The predicted molar refractivity (Wildman–Crippen MR) is 59.6 cm³/mol. The minimum atomic E-state index is -0.467. The van der Waals surface area contributed by atoms with Gasteiger partial charge in [-0.15, -0.1) is 0 Å². The highest BCUT2D eigenvalue weighted by Crippen LogP contribution is 2.05. The molecule has 0 saturated heterocycles. The molecule has 0 N–H and O–H groups in total. The molecule has 4 heteroatoms. The van der Waals surface area contributed by atoms with E-state index in [9.17, 15) is 9.59 Å². The Morgan fingerprint density at radius 3 is 2.94 bits per heavy atom. The number of nitrogens with zero attached hydrogens (tertiary/aromatic N) is 1. The summed E-state index contributed by atoms with van der Waals surface area (Å²) in [4.78, 5) is 23.1. The molecular weight excluding hydrogens is 206 g/mol. The molecule has 2 aromatic rings. The number of rotatable bonds is 2. The molecule has 0 atom stereocenters. The van der Waals surface area contributed by atoms with E-state index in [4.69, 9.17) is 4.74 Å². The van der Waals surface area contributed by atoms with E-state index in [2.05, 4.69) is 0 Å². The Morgan fingerprint density at radius 2 is 2.19 bits per heavy atom. The van der Waals surface area contributed by atoms with E-state index in [-0.39, 0.29) is 11.1 Å². The van der Waals surface area contributed by atoms with Crippen molar-refractivity contribution in [2.24, 2.45) is 0 Å². The fraction of sp³-hybridized carbons (Fsp3) is 0.167. The van der Waals surface area contributed by atoms with Gasteiger partial charge in [-0.3, -0.25) is 9.20 Å². The maximum absolute atomic E-state index is 11.7. The first-order valence-corrected chi connectivity index (χ1v) is 5.01. The first kappa shape index (κ1) is 10.4. The highest BCUT2D eigenvalue weighted by Gasteiger charge is 2.08. The summed E-state index contributed by atoms with van der Waals surface area (Å²) < 4.78 is 6.32. The third kappa shape index (κ3) is 1.82. The van der Waals surface area contributed by atoms with Gasteiger partial charge in [0.05, 0.1) is 12.2 Å². The summed E-state index contributed by atoms with van der Waals surface area (Å²) in [5.41, 5.74) is 0.734. The minimum Gasteiger partial charge on any atom is -0.462 e. The highest BCUT2D eigenvalue weighted by atomic mass is 16.5. The zero-order valence-corrected chi connectivity index (χ0v) is 8.84. The van der Waals surface area contributed by atoms with Gasteiger partial charge in [-0.2, -0.15) is 0 Å². The van der Waals surface area contributed by atoms with E-state index in [0.29, 0.717) is 12.1 Å². The van der Waals surface area contributed by atoms with E-state index >= 15 is 0 Å². The Kier molecular flexibility index (Phi) is 2.72. The van der Waals surface area contributed by atoms with E-state index in [1.54, 1.807) is 31.3 Å². The third-order valence-corrected chi connectivity index (χ3v) is 2.22. The van der Waals surface area contributed by atoms with Gasteiger partial charge >= 0.3 is 5.97 Å². The largest absolute Gasteiger partial charge is 0.462 e. The average Bonchev–Trinajstić information content (AvgIpc) is 2.29. The van der Waals surface area contributed by atoms with Crippen LogP contribution in [0.4, 0.5) is 0 Å². The molecule has 0 aliphatic heterocycles. The Balaban J connectivity index is 2.58. The minimum absolute atomic E-state index is 0.235. The first-order chi connectivity index (χ1) is 7.72. The monoisotopic (exact) mass is 217 g/mol. The van der Waals surface area contributed by atoms with Crippen LogP contribution in [0.5, 0.6) is 0 Å². The highest BCUT2D eigenvalue weighted by molar-refractivity contribution is 5.90. The van der Waals surface area contributed by atoms with Crippen molar-refractivity contribution < 1.29 is 9.53 Å². The van der Waals surface area contributed by atoms with Crippen molar-refractivity contribution >= 4 is 11.5 Å². The Hall–Kier alpha value is -2.10. The number of aromatic nitrogens is 1. The molecular formula is C12H11NO3.